The number of hydrogen-bond acceptors (Lipinski definition) is 5. The molecule has 0 spiro atoms. The molecule has 0 radical (unpaired) electrons. The number of nitrogens with one attached hydrogen (secondary N) is 2. The van der Waals surface area contributed by atoms with E-state index in [1.165, 1.54) is 0 Å². The number of nitrogens with zero attached hydrogens (tertiary/aromatic N) is 2. The van der Waals surface area contributed by atoms with Crippen molar-refractivity contribution in [3.8, 4) is 0 Å². The number of carbonyl (C=O) groups is 2. The predicted octanol–water partition coefficient (Wildman–Crippen LogP) is 0.386. The molecule has 4 N–H and O–H groups in total. The molecule has 2 amide bonds. The number of aromatic amines is 1. The number of anilines is 2. The monoisotopic (exact) mass is 273 g/mol. The first-order chi connectivity index (χ1) is 9.60. The van der Waals surface area contributed by atoms with Crippen LogP contribution in [0.5, 0.6) is 0 Å². The maximum absolute atomic E-state index is 11.9. The Labute approximate surface area is 115 Å². The molecule has 0 saturated carbocycles. The molecule has 1 atom stereocenters. The van der Waals surface area contributed by atoms with Gasteiger partial charge < -0.3 is 10.6 Å². The molecule has 20 heavy (non-hydrogen) atoms. The van der Waals surface area contributed by atoms with Gasteiger partial charge in [-0.25, -0.2) is 0 Å². The van der Waals surface area contributed by atoms with E-state index in [0.717, 1.165) is 10.9 Å². The molecule has 7 nitrogen and oxygen atoms in total. The summed E-state index contributed by atoms with van der Waals surface area (Å²) >= 11 is 0. The van der Waals surface area contributed by atoms with Gasteiger partial charge >= 0.3 is 0 Å². The summed E-state index contributed by atoms with van der Waals surface area (Å²) in [6, 6.07) is 3.22. The van der Waals surface area contributed by atoms with Gasteiger partial charge in [0.15, 0.2) is 0 Å². The molecule has 0 aliphatic carbocycles. The number of nitrogens with two attached hydrogens (primary N) is 1. The van der Waals surface area contributed by atoms with Gasteiger partial charge in [-0.05, 0) is 18.6 Å². The molecule has 2 heterocycles. The van der Waals surface area contributed by atoms with E-state index in [-0.39, 0.29) is 18.4 Å². The maximum atomic E-state index is 11.9. The summed E-state index contributed by atoms with van der Waals surface area (Å²) in [6.45, 7) is 2.02. The van der Waals surface area contributed by atoms with E-state index in [9.17, 15) is 9.59 Å². The second-order valence-electron chi connectivity index (χ2n) is 4.83. The van der Waals surface area contributed by atoms with Crippen LogP contribution in [0.4, 0.5) is 11.4 Å². The van der Waals surface area contributed by atoms with E-state index in [4.69, 9.17) is 5.73 Å². The van der Waals surface area contributed by atoms with Crippen molar-refractivity contribution in [3.05, 3.63) is 18.3 Å². The summed E-state index contributed by atoms with van der Waals surface area (Å²) < 4.78 is 0. The van der Waals surface area contributed by atoms with Gasteiger partial charge in [0.25, 0.3) is 0 Å². The van der Waals surface area contributed by atoms with Crippen LogP contribution in [0.15, 0.2) is 18.3 Å². The highest BCUT2D eigenvalue weighted by Gasteiger charge is 2.33. The molecule has 1 saturated heterocycles. The van der Waals surface area contributed by atoms with Crippen molar-refractivity contribution in [2.75, 3.05) is 17.2 Å². The lowest BCUT2D eigenvalue weighted by Crippen LogP contribution is -2.58. The molecule has 1 unspecified atom stereocenters. The SMILES string of the molecule is CCC1C(=O)NC(=O)CN1c1cc2[nH]ncc2cc1N. The van der Waals surface area contributed by atoms with Gasteiger partial charge in [0.05, 0.1) is 29.6 Å². The number of nitrogen functional groups attached to an aromatic ring is 1. The number of imide groups is 1. The van der Waals surface area contributed by atoms with Gasteiger partial charge in [-0.2, -0.15) is 5.10 Å². The van der Waals surface area contributed by atoms with E-state index < -0.39 is 6.04 Å². The summed E-state index contributed by atoms with van der Waals surface area (Å²) in [5, 5.41) is 10.1. The van der Waals surface area contributed by atoms with Gasteiger partial charge in [-0.3, -0.25) is 20.0 Å². The van der Waals surface area contributed by atoms with Crippen LogP contribution in [0.25, 0.3) is 10.9 Å². The number of aromatic nitrogens is 2. The third-order valence-corrected chi connectivity index (χ3v) is 3.54. The predicted molar refractivity (Wildman–Crippen MR) is 75.1 cm³/mol. The van der Waals surface area contributed by atoms with E-state index in [2.05, 4.69) is 15.5 Å². The molecule has 3 rings (SSSR count). The third kappa shape index (κ3) is 1.87. The Bertz CT molecular complexity index is 693. The van der Waals surface area contributed by atoms with Crippen molar-refractivity contribution >= 4 is 34.1 Å². The first-order valence-electron chi connectivity index (χ1n) is 6.43. The summed E-state index contributed by atoms with van der Waals surface area (Å²) in [6.07, 6.45) is 2.28. The highest BCUT2D eigenvalue weighted by Crippen LogP contribution is 2.31. The summed E-state index contributed by atoms with van der Waals surface area (Å²) in [7, 11) is 0. The number of rotatable bonds is 2. The van der Waals surface area contributed by atoms with E-state index in [1.807, 2.05) is 13.0 Å². The van der Waals surface area contributed by atoms with E-state index in [0.29, 0.717) is 17.8 Å². The quantitative estimate of drug-likeness (QED) is 0.542. The van der Waals surface area contributed by atoms with Gasteiger partial charge in [-0.1, -0.05) is 6.92 Å². The van der Waals surface area contributed by atoms with Crippen LogP contribution in [0.1, 0.15) is 13.3 Å². The Morgan fingerprint density at radius 2 is 2.25 bits per heavy atom. The summed E-state index contributed by atoms with van der Waals surface area (Å²) in [5.41, 5.74) is 8.09. The third-order valence-electron chi connectivity index (χ3n) is 3.54. The van der Waals surface area contributed by atoms with Crippen molar-refractivity contribution in [2.24, 2.45) is 0 Å². The Morgan fingerprint density at radius 1 is 1.45 bits per heavy atom. The molecule has 1 aromatic carbocycles. The smallest absolute Gasteiger partial charge is 0.249 e. The number of piperazine rings is 1. The van der Waals surface area contributed by atoms with Crippen LogP contribution in [-0.2, 0) is 9.59 Å². The topological polar surface area (TPSA) is 104 Å². The Morgan fingerprint density at radius 3 is 3.00 bits per heavy atom. The molecule has 1 aliphatic heterocycles. The minimum Gasteiger partial charge on any atom is -0.397 e. The largest absolute Gasteiger partial charge is 0.397 e. The average molecular weight is 273 g/mol. The lowest BCUT2D eigenvalue weighted by molar-refractivity contribution is -0.132. The van der Waals surface area contributed by atoms with Crippen molar-refractivity contribution < 1.29 is 9.59 Å². The Hall–Kier alpha value is -2.57. The second kappa shape index (κ2) is 4.52. The van der Waals surface area contributed by atoms with Crippen molar-refractivity contribution in [3.63, 3.8) is 0 Å². The lowest BCUT2D eigenvalue weighted by atomic mass is 10.1. The van der Waals surface area contributed by atoms with Crippen molar-refractivity contribution in [1.82, 2.24) is 15.5 Å². The molecular weight excluding hydrogens is 258 g/mol. The minimum atomic E-state index is -0.393. The lowest BCUT2D eigenvalue weighted by Gasteiger charge is -2.35. The fourth-order valence-corrected chi connectivity index (χ4v) is 2.57. The standard InChI is InChI=1S/C13H15N5O2/c1-2-10-13(20)16-12(19)6-18(10)11-4-9-7(3-8(11)14)5-15-17-9/h3-5,10H,2,6,14H2,1H3,(H,15,17)(H,16,19,20). The van der Waals surface area contributed by atoms with Gasteiger partial charge in [0.2, 0.25) is 11.8 Å². The Balaban J connectivity index is 2.09. The van der Waals surface area contributed by atoms with Crippen molar-refractivity contribution in [1.29, 1.82) is 0 Å². The van der Waals surface area contributed by atoms with Crippen LogP contribution in [-0.4, -0.2) is 34.6 Å². The van der Waals surface area contributed by atoms with Crippen LogP contribution in [0, 0.1) is 0 Å². The normalized spacial score (nSPS) is 19.4. The summed E-state index contributed by atoms with van der Waals surface area (Å²) in [4.78, 5) is 25.3. The van der Waals surface area contributed by atoms with Gasteiger partial charge in [-0.15, -0.1) is 0 Å². The zero-order valence-electron chi connectivity index (χ0n) is 11.0. The first-order valence-corrected chi connectivity index (χ1v) is 6.43. The Kier molecular flexibility index (Phi) is 2.81. The highest BCUT2D eigenvalue weighted by molar-refractivity contribution is 6.05. The van der Waals surface area contributed by atoms with Crippen LogP contribution in [0.2, 0.25) is 0 Å². The van der Waals surface area contributed by atoms with Crippen LogP contribution >= 0.6 is 0 Å². The zero-order chi connectivity index (χ0) is 14.3. The zero-order valence-corrected chi connectivity index (χ0v) is 11.0. The molecule has 0 bridgehead atoms. The number of H-pyrrole nitrogens is 1. The maximum Gasteiger partial charge on any atom is 0.249 e. The molecule has 104 valence electrons. The molecule has 2 aromatic rings. The molecular formula is C13H15N5O2. The van der Waals surface area contributed by atoms with Crippen LogP contribution < -0.4 is 16.0 Å². The van der Waals surface area contributed by atoms with Crippen molar-refractivity contribution in [2.45, 2.75) is 19.4 Å². The number of carbonyl (C=O) groups excluding carboxylic acids is 2. The number of hydrogen-bond donors (Lipinski definition) is 3. The average Bonchev–Trinajstić information content (AvgIpc) is 2.84. The van der Waals surface area contributed by atoms with Gasteiger partial charge in [0.1, 0.15) is 6.04 Å². The molecule has 7 heteroatoms. The highest BCUT2D eigenvalue weighted by atomic mass is 16.2. The van der Waals surface area contributed by atoms with Crippen LogP contribution in [0.3, 0.4) is 0 Å². The molecule has 1 fully saturated rings. The molecule has 1 aromatic heterocycles. The fourth-order valence-electron chi connectivity index (χ4n) is 2.57. The van der Waals surface area contributed by atoms with E-state index >= 15 is 0 Å². The number of fused-ring (bicyclic) bond motifs is 1. The first kappa shape index (κ1) is 12.5. The van der Waals surface area contributed by atoms with E-state index in [1.54, 1.807) is 17.2 Å². The fraction of sp³-hybridized carbons (Fsp3) is 0.308. The van der Waals surface area contributed by atoms with Gasteiger partial charge in [0, 0.05) is 5.39 Å². The summed E-state index contributed by atoms with van der Waals surface area (Å²) in [5.74, 6) is -0.600. The minimum absolute atomic E-state index is 0.119. The molecule has 1 aliphatic rings. The number of amides is 2. The number of benzene rings is 1. The second-order valence-corrected chi connectivity index (χ2v) is 4.83.